The number of nitrogen functional groups attached to an aromatic ring is 1. The van der Waals surface area contributed by atoms with E-state index >= 15 is 0 Å². The third kappa shape index (κ3) is 2.85. The van der Waals surface area contributed by atoms with Crippen LogP contribution >= 0.6 is 11.8 Å². The van der Waals surface area contributed by atoms with Crippen molar-refractivity contribution >= 4 is 17.7 Å². The van der Waals surface area contributed by atoms with Gasteiger partial charge in [0, 0.05) is 11.8 Å². The van der Waals surface area contributed by atoms with Crippen molar-refractivity contribution in [1.82, 2.24) is 14.8 Å². The zero-order valence-electron chi connectivity index (χ0n) is 10.9. The second-order valence-electron chi connectivity index (χ2n) is 4.58. The van der Waals surface area contributed by atoms with Crippen LogP contribution in [-0.4, -0.2) is 14.8 Å². The molecule has 0 unspecified atom stereocenters. The monoisotopic (exact) mass is 262 g/mol. The summed E-state index contributed by atoms with van der Waals surface area (Å²) in [6, 6.07) is 8.77. The zero-order chi connectivity index (χ0) is 13.1. The summed E-state index contributed by atoms with van der Waals surface area (Å²) in [6.07, 6.45) is 0. The van der Waals surface area contributed by atoms with E-state index in [-0.39, 0.29) is 6.04 Å². The highest BCUT2D eigenvalue weighted by Crippen LogP contribution is 2.25. The fourth-order valence-electron chi connectivity index (χ4n) is 1.82. The molecule has 2 rings (SSSR count). The van der Waals surface area contributed by atoms with E-state index in [9.17, 15) is 0 Å². The number of hydrogen-bond acceptors (Lipinski definition) is 4. The van der Waals surface area contributed by atoms with Gasteiger partial charge in [-0.2, -0.15) is 0 Å². The number of aromatic nitrogens is 3. The van der Waals surface area contributed by atoms with E-state index in [1.54, 1.807) is 11.8 Å². The molecule has 0 amide bonds. The van der Waals surface area contributed by atoms with Crippen LogP contribution in [0.15, 0.2) is 29.4 Å². The maximum absolute atomic E-state index is 5.81. The van der Waals surface area contributed by atoms with Crippen molar-refractivity contribution in [2.45, 2.75) is 37.7 Å². The molecule has 0 saturated carbocycles. The molecule has 0 aliphatic heterocycles. The number of benzene rings is 1. The van der Waals surface area contributed by atoms with Crippen molar-refractivity contribution in [3.63, 3.8) is 0 Å². The first-order valence-electron chi connectivity index (χ1n) is 5.96. The zero-order valence-corrected chi connectivity index (χ0v) is 11.7. The molecule has 4 nitrogen and oxygen atoms in total. The molecule has 0 fully saturated rings. The average Bonchev–Trinajstić information content (AvgIpc) is 2.68. The SMILES string of the molecule is Cc1cccc(CSc2nnc(N)n2C(C)C)c1. The van der Waals surface area contributed by atoms with Gasteiger partial charge in [0.2, 0.25) is 5.95 Å². The van der Waals surface area contributed by atoms with Crippen LogP contribution < -0.4 is 5.73 Å². The summed E-state index contributed by atoms with van der Waals surface area (Å²) in [5, 5.41) is 8.94. The Kier molecular flexibility index (Phi) is 3.91. The lowest BCUT2D eigenvalue weighted by molar-refractivity contribution is 0.557. The van der Waals surface area contributed by atoms with Gasteiger partial charge in [-0.1, -0.05) is 41.6 Å². The molecule has 0 saturated heterocycles. The lowest BCUT2D eigenvalue weighted by Crippen LogP contribution is -2.07. The maximum atomic E-state index is 5.81. The predicted octanol–water partition coefficient (Wildman–Crippen LogP) is 3.04. The molecule has 0 spiro atoms. The third-order valence-corrected chi connectivity index (χ3v) is 3.67. The largest absolute Gasteiger partial charge is 0.368 e. The Morgan fingerprint density at radius 1 is 1.33 bits per heavy atom. The molecule has 2 N–H and O–H groups in total. The van der Waals surface area contributed by atoms with Gasteiger partial charge in [-0.15, -0.1) is 10.2 Å². The molecular weight excluding hydrogens is 244 g/mol. The Morgan fingerprint density at radius 3 is 2.78 bits per heavy atom. The van der Waals surface area contributed by atoms with Gasteiger partial charge in [0.05, 0.1) is 0 Å². The fraction of sp³-hybridized carbons (Fsp3) is 0.385. The van der Waals surface area contributed by atoms with Crippen molar-refractivity contribution in [3.8, 4) is 0 Å². The third-order valence-electron chi connectivity index (χ3n) is 2.66. The number of anilines is 1. The predicted molar refractivity (Wildman–Crippen MR) is 75.6 cm³/mol. The van der Waals surface area contributed by atoms with Crippen LogP contribution in [0.2, 0.25) is 0 Å². The minimum atomic E-state index is 0.278. The van der Waals surface area contributed by atoms with Crippen molar-refractivity contribution in [2.24, 2.45) is 0 Å². The molecule has 2 aromatic rings. The molecule has 0 aliphatic carbocycles. The molecule has 5 heteroatoms. The van der Waals surface area contributed by atoms with Crippen LogP contribution in [0.1, 0.15) is 31.0 Å². The number of hydrogen-bond donors (Lipinski definition) is 1. The molecule has 1 aromatic carbocycles. The minimum absolute atomic E-state index is 0.278. The van der Waals surface area contributed by atoms with Gasteiger partial charge in [0.25, 0.3) is 0 Å². The first kappa shape index (κ1) is 13.0. The van der Waals surface area contributed by atoms with Gasteiger partial charge < -0.3 is 5.73 Å². The van der Waals surface area contributed by atoms with Crippen LogP contribution in [0.4, 0.5) is 5.95 Å². The molecule has 0 atom stereocenters. The Bertz CT molecular complexity index is 534. The molecule has 1 heterocycles. The number of rotatable bonds is 4. The van der Waals surface area contributed by atoms with Gasteiger partial charge in [-0.3, -0.25) is 4.57 Å². The average molecular weight is 262 g/mol. The molecule has 0 aliphatic rings. The number of aryl methyl sites for hydroxylation is 1. The summed E-state index contributed by atoms with van der Waals surface area (Å²) in [6.45, 7) is 6.26. The van der Waals surface area contributed by atoms with Crippen molar-refractivity contribution < 1.29 is 0 Å². The normalized spacial score (nSPS) is 11.1. The lowest BCUT2D eigenvalue weighted by atomic mass is 10.2. The number of nitrogens with zero attached hydrogens (tertiary/aromatic N) is 3. The number of thioether (sulfide) groups is 1. The van der Waals surface area contributed by atoms with Crippen LogP contribution in [0.25, 0.3) is 0 Å². The smallest absolute Gasteiger partial charge is 0.222 e. The summed E-state index contributed by atoms with van der Waals surface area (Å²) >= 11 is 1.67. The first-order chi connectivity index (χ1) is 8.58. The van der Waals surface area contributed by atoms with Gasteiger partial charge in [-0.25, -0.2) is 0 Å². The van der Waals surface area contributed by atoms with Gasteiger partial charge in [-0.05, 0) is 26.3 Å². The quantitative estimate of drug-likeness (QED) is 0.860. The van der Waals surface area contributed by atoms with Crippen LogP contribution in [0.3, 0.4) is 0 Å². The lowest BCUT2D eigenvalue weighted by Gasteiger charge is -2.11. The highest BCUT2D eigenvalue weighted by Gasteiger charge is 2.12. The Hall–Kier alpha value is -1.49. The molecule has 0 radical (unpaired) electrons. The molecular formula is C13H18N4S. The molecule has 1 aromatic heterocycles. The first-order valence-corrected chi connectivity index (χ1v) is 6.95. The summed E-state index contributed by atoms with van der Waals surface area (Å²) in [5.41, 5.74) is 8.38. The molecule has 0 bridgehead atoms. The van der Waals surface area contributed by atoms with E-state index in [0.29, 0.717) is 5.95 Å². The van der Waals surface area contributed by atoms with E-state index in [4.69, 9.17) is 5.73 Å². The summed E-state index contributed by atoms with van der Waals surface area (Å²) in [5.74, 6) is 1.36. The maximum Gasteiger partial charge on any atom is 0.222 e. The van der Waals surface area contributed by atoms with E-state index in [0.717, 1.165) is 10.9 Å². The van der Waals surface area contributed by atoms with E-state index in [1.165, 1.54) is 11.1 Å². The van der Waals surface area contributed by atoms with E-state index < -0.39 is 0 Å². The number of nitrogens with two attached hydrogens (primary N) is 1. The standard InChI is InChI=1S/C13H18N4S/c1-9(2)17-12(14)15-16-13(17)18-8-11-6-4-5-10(3)7-11/h4-7,9H,8H2,1-3H3,(H2,14,15). The van der Waals surface area contributed by atoms with Crippen molar-refractivity contribution in [3.05, 3.63) is 35.4 Å². The molecule has 18 heavy (non-hydrogen) atoms. The van der Waals surface area contributed by atoms with Crippen LogP contribution in [0, 0.1) is 6.92 Å². The van der Waals surface area contributed by atoms with Gasteiger partial charge >= 0.3 is 0 Å². The Morgan fingerprint density at radius 2 is 2.11 bits per heavy atom. The highest BCUT2D eigenvalue weighted by molar-refractivity contribution is 7.98. The topological polar surface area (TPSA) is 56.7 Å². The second kappa shape index (κ2) is 5.44. The summed E-state index contributed by atoms with van der Waals surface area (Å²) < 4.78 is 1.96. The van der Waals surface area contributed by atoms with Crippen molar-refractivity contribution in [2.75, 3.05) is 5.73 Å². The Balaban J connectivity index is 2.11. The van der Waals surface area contributed by atoms with Gasteiger partial charge in [0.1, 0.15) is 0 Å². The minimum Gasteiger partial charge on any atom is -0.368 e. The van der Waals surface area contributed by atoms with Crippen molar-refractivity contribution in [1.29, 1.82) is 0 Å². The second-order valence-corrected chi connectivity index (χ2v) is 5.52. The summed E-state index contributed by atoms with van der Waals surface area (Å²) in [7, 11) is 0. The molecule has 96 valence electrons. The Labute approximate surface area is 112 Å². The van der Waals surface area contributed by atoms with E-state index in [2.05, 4.69) is 55.2 Å². The summed E-state index contributed by atoms with van der Waals surface area (Å²) in [4.78, 5) is 0. The van der Waals surface area contributed by atoms with Crippen LogP contribution in [-0.2, 0) is 5.75 Å². The highest BCUT2D eigenvalue weighted by atomic mass is 32.2. The van der Waals surface area contributed by atoms with Crippen LogP contribution in [0.5, 0.6) is 0 Å². The fourth-order valence-corrected chi connectivity index (χ4v) is 2.84. The van der Waals surface area contributed by atoms with E-state index in [1.807, 2.05) is 4.57 Å². The van der Waals surface area contributed by atoms with Gasteiger partial charge in [0.15, 0.2) is 5.16 Å².